The Morgan fingerprint density at radius 3 is 2.40 bits per heavy atom. The molecule has 0 amide bonds. The first kappa shape index (κ1) is 13.9. The van der Waals surface area contributed by atoms with Crippen LogP contribution in [0, 0.1) is 0 Å². The van der Waals surface area contributed by atoms with Gasteiger partial charge < -0.3 is 10.8 Å². The maximum atomic E-state index is 12.9. The van der Waals surface area contributed by atoms with Crippen molar-refractivity contribution in [1.82, 2.24) is 4.98 Å². The van der Waals surface area contributed by atoms with Gasteiger partial charge >= 0.3 is 12.1 Å². The minimum atomic E-state index is -4.58. The molecule has 0 aliphatic carbocycles. The number of nitrogen functional groups attached to an aromatic ring is 1. The van der Waals surface area contributed by atoms with Gasteiger partial charge in [-0.25, -0.2) is 9.78 Å². The Morgan fingerprint density at radius 2 is 1.80 bits per heavy atom. The Kier molecular flexibility index (Phi) is 3.35. The van der Waals surface area contributed by atoms with Crippen LogP contribution in [0.4, 0.5) is 18.9 Å². The number of hydrogen-bond acceptors (Lipinski definition) is 3. The highest BCUT2D eigenvalue weighted by Crippen LogP contribution is 2.37. The molecule has 0 spiro atoms. The van der Waals surface area contributed by atoms with E-state index in [0.717, 1.165) is 12.1 Å². The van der Waals surface area contributed by atoms with Crippen LogP contribution in [0.3, 0.4) is 0 Å². The fourth-order valence-corrected chi connectivity index (χ4v) is 1.74. The average molecular weight is 282 g/mol. The number of benzene rings is 1. The Hall–Kier alpha value is -2.57. The molecule has 0 fully saturated rings. The van der Waals surface area contributed by atoms with Crippen LogP contribution in [0.15, 0.2) is 36.4 Å². The van der Waals surface area contributed by atoms with E-state index >= 15 is 0 Å². The van der Waals surface area contributed by atoms with Gasteiger partial charge in [0, 0.05) is 5.56 Å². The average Bonchev–Trinajstić information content (AvgIpc) is 2.38. The van der Waals surface area contributed by atoms with Crippen LogP contribution in [0.5, 0.6) is 0 Å². The van der Waals surface area contributed by atoms with Crippen LogP contribution in [0.25, 0.3) is 11.3 Å². The Labute approximate surface area is 111 Å². The van der Waals surface area contributed by atoms with Crippen molar-refractivity contribution in [2.24, 2.45) is 0 Å². The van der Waals surface area contributed by atoms with E-state index in [0.29, 0.717) is 0 Å². The molecule has 7 heteroatoms. The monoisotopic (exact) mass is 282 g/mol. The van der Waals surface area contributed by atoms with Crippen molar-refractivity contribution in [3.8, 4) is 11.3 Å². The summed E-state index contributed by atoms with van der Waals surface area (Å²) in [6.45, 7) is 0. The summed E-state index contributed by atoms with van der Waals surface area (Å²) in [6.07, 6.45) is -4.58. The minimum Gasteiger partial charge on any atom is -0.477 e. The molecular formula is C13H9F3N2O2. The molecule has 20 heavy (non-hydrogen) atoms. The second kappa shape index (κ2) is 4.84. The lowest BCUT2D eigenvalue weighted by molar-refractivity contribution is -0.137. The summed E-state index contributed by atoms with van der Waals surface area (Å²) in [5, 5.41) is 8.85. The molecule has 2 rings (SSSR count). The van der Waals surface area contributed by atoms with E-state index in [-0.39, 0.29) is 22.6 Å². The van der Waals surface area contributed by atoms with Gasteiger partial charge in [0.15, 0.2) is 0 Å². The lowest BCUT2D eigenvalue weighted by Gasteiger charge is -2.13. The van der Waals surface area contributed by atoms with Gasteiger partial charge in [0.05, 0.1) is 16.9 Å². The number of nitrogens with zero attached hydrogens (tertiary/aromatic N) is 1. The molecule has 3 N–H and O–H groups in total. The Morgan fingerprint density at radius 1 is 1.15 bits per heavy atom. The highest BCUT2D eigenvalue weighted by molar-refractivity contribution is 5.88. The van der Waals surface area contributed by atoms with E-state index in [1.165, 1.54) is 24.3 Å². The summed E-state index contributed by atoms with van der Waals surface area (Å²) in [5.74, 6) is -1.34. The lowest BCUT2D eigenvalue weighted by Crippen LogP contribution is -2.09. The van der Waals surface area contributed by atoms with Crippen LogP contribution in [0.2, 0.25) is 0 Å². The molecule has 0 saturated carbocycles. The van der Waals surface area contributed by atoms with Gasteiger partial charge in [-0.15, -0.1) is 0 Å². The summed E-state index contributed by atoms with van der Waals surface area (Å²) >= 11 is 0. The first-order chi connectivity index (χ1) is 9.30. The predicted molar refractivity (Wildman–Crippen MR) is 66.0 cm³/mol. The number of alkyl halides is 3. The molecule has 4 nitrogen and oxygen atoms in total. The number of pyridine rings is 1. The van der Waals surface area contributed by atoms with Gasteiger partial charge in [-0.05, 0) is 18.2 Å². The van der Waals surface area contributed by atoms with Gasteiger partial charge in [0.1, 0.15) is 5.69 Å². The zero-order valence-corrected chi connectivity index (χ0v) is 9.98. The zero-order valence-electron chi connectivity index (χ0n) is 9.98. The molecule has 0 atom stereocenters. The molecule has 0 unspecified atom stereocenters. The molecule has 0 saturated heterocycles. The number of carboxylic acids is 1. The molecule has 0 radical (unpaired) electrons. The molecule has 0 bridgehead atoms. The van der Waals surface area contributed by atoms with E-state index in [1.807, 2.05) is 0 Å². The largest absolute Gasteiger partial charge is 0.477 e. The minimum absolute atomic E-state index is 0.0216. The first-order valence-electron chi connectivity index (χ1n) is 5.47. The molecule has 0 aliphatic rings. The SMILES string of the molecule is Nc1ccc(C(=O)O)nc1-c1ccccc1C(F)(F)F. The fourth-order valence-electron chi connectivity index (χ4n) is 1.74. The molecule has 1 heterocycles. The number of hydrogen-bond donors (Lipinski definition) is 2. The summed E-state index contributed by atoms with van der Waals surface area (Å²) in [4.78, 5) is 14.5. The maximum absolute atomic E-state index is 12.9. The normalized spacial score (nSPS) is 11.3. The summed E-state index contributed by atoms with van der Waals surface area (Å²) in [7, 11) is 0. The third-order valence-corrected chi connectivity index (χ3v) is 2.63. The van der Waals surface area contributed by atoms with Crippen molar-refractivity contribution in [3.05, 3.63) is 47.7 Å². The van der Waals surface area contributed by atoms with Crippen LogP contribution in [0.1, 0.15) is 16.1 Å². The topological polar surface area (TPSA) is 76.2 Å². The van der Waals surface area contributed by atoms with Gasteiger partial charge in [-0.1, -0.05) is 18.2 Å². The van der Waals surface area contributed by atoms with Crippen LogP contribution < -0.4 is 5.73 Å². The molecule has 1 aromatic heterocycles. The number of carboxylic acid groups (broad SMARTS) is 1. The molecular weight excluding hydrogens is 273 g/mol. The van der Waals surface area contributed by atoms with Crippen molar-refractivity contribution in [2.75, 3.05) is 5.73 Å². The number of carbonyl (C=O) groups is 1. The molecule has 104 valence electrons. The maximum Gasteiger partial charge on any atom is 0.417 e. The number of rotatable bonds is 2. The number of anilines is 1. The highest BCUT2D eigenvalue weighted by Gasteiger charge is 2.34. The standard InChI is InChI=1S/C13H9F3N2O2/c14-13(15,16)8-4-2-1-3-7(8)11-9(17)5-6-10(18-11)12(19)20/h1-6H,17H2,(H,19,20). The molecule has 2 aromatic rings. The number of aromatic carboxylic acids is 1. The fraction of sp³-hybridized carbons (Fsp3) is 0.0769. The van der Waals surface area contributed by atoms with Crippen LogP contribution in [-0.4, -0.2) is 16.1 Å². The van der Waals surface area contributed by atoms with E-state index in [2.05, 4.69) is 4.98 Å². The van der Waals surface area contributed by atoms with Gasteiger partial charge in [-0.2, -0.15) is 13.2 Å². The number of nitrogens with two attached hydrogens (primary N) is 1. The van der Waals surface area contributed by atoms with E-state index in [1.54, 1.807) is 0 Å². The number of halogens is 3. The van der Waals surface area contributed by atoms with Crippen molar-refractivity contribution < 1.29 is 23.1 Å². The lowest BCUT2D eigenvalue weighted by atomic mass is 10.0. The predicted octanol–water partition coefficient (Wildman–Crippen LogP) is 3.05. The van der Waals surface area contributed by atoms with Crippen molar-refractivity contribution in [1.29, 1.82) is 0 Å². The third-order valence-electron chi connectivity index (χ3n) is 2.63. The summed E-state index contributed by atoms with van der Waals surface area (Å²) < 4.78 is 38.8. The third kappa shape index (κ3) is 2.56. The Bertz CT molecular complexity index is 669. The second-order valence-electron chi connectivity index (χ2n) is 3.98. The smallest absolute Gasteiger partial charge is 0.417 e. The summed E-state index contributed by atoms with van der Waals surface area (Å²) in [5.41, 5.74) is 3.86. The van der Waals surface area contributed by atoms with Gasteiger partial charge in [-0.3, -0.25) is 0 Å². The highest BCUT2D eigenvalue weighted by atomic mass is 19.4. The van der Waals surface area contributed by atoms with Gasteiger partial charge in [0.25, 0.3) is 0 Å². The molecule has 0 aliphatic heterocycles. The second-order valence-corrected chi connectivity index (χ2v) is 3.98. The molecule has 1 aromatic carbocycles. The van der Waals surface area contributed by atoms with Gasteiger partial charge in [0.2, 0.25) is 0 Å². The quantitative estimate of drug-likeness (QED) is 0.887. The van der Waals surface area contributed by atoms with Crippen LogP contribution >= 0.6 is 0 Å². The van der Waals surface area contributed by atoms with Crippen molar-refractivity contribution in [3.63, 3.8) is 0 Å². The van der Waals surface area contributed by atoms with Crippen molar-refractivity contribution in [2.45, 2.75) is 6.18 Å². The van der Waals surface area contributed by atoms with E-state index in [9.17, 15) is 18.0 Å². The van der Waals surface area contributed by atoms with E-state index < -0.39 is 17.7 Å². The van der Waals surface area contributed by atoms with E-state index in [4.69, 9.17) is 10.8 Å². The van der Waals surface area contributed by atoms with Crippen molar-refractivity contribution >= 4 is 11.7 Å². The summed E-state index contributed by atoms with van der Waals surface area (Å²) in [6, 6.07) is 7.09. The van der Waals surface area contributed by atoms with Crippen LogP contribution in [-0.2, 0) is 6.18 Å². The Balaban J connectivity index is 2.69. The number of aromatic nitrogens is 1. The zero-order chi connectivity index (χ0) is 14.9. The first-order valence-corrected chi connectivity index (χ1v) is 5.47.